The van der Waals surface area contributed by atoms with Gasteiger partial charge in [0.25, 0.3) is 0 Å². The number of ether oxygens (including phenoxy) is 3. The lowest BCUT2D eigenvalue weighted by Gasteiger charge is -2.27. The first-order valence-corrected chi connectivity index (χ1v) is 8.67. The summed E-state index contributed by atoms with van der Waals surface area (Å²) in [6.45, 7) is 11.0. The summed E-state index contributed by atoms with van der Waals surface area (Å²) in [5.74, 6) is -0.278. The highest BCUT2D eigenvalue weighted by Crippen LogP contribution is 2.30. The molecule has 1 unspecified atom stereocenters. The van der Waals surface area contributed by atoms with Crippen LogP contribution in [0.2, 0.25) is 0 Å². The number of esters is 2. The molecule has 0 aliphatic carbocycles. The molecule has 5 nitrogen and oxygen atoms in total. The Balaban J connectivity index is 4.57. The molecule has 0 amide bonds. The zero-order valence-corrected chi connectivity index (χ0v) is 15.6. The highest BCUT2D eigenvalue weighted by molar-refractivity contribution is 5.99. The number of rotatable bonds is 12. The first kappa shape index (κ1) is 21.9. The van der Waals surface area contributed by atoms with Crippen molar-refractivity contribution in [3.63, 3.8) is 0 Å². The molecule has 0 aromatic rings. The predicted molar refractivity (Wildman–Crippen MR) is 90.0 cm³/mol. The van der Waals surface area contributed by atoms with E-state index in [1.807, 2.05) is 27.7 Å². The van der Waals surface area contributed by atoms with Crippen molar-refractivity contribution in [3.05, 3.63) is 0 Å². The van der Waals surface area contributed by atoms with Crippen LogP contribution in [0.1, 0.15) is 60.3 Å². The molecule has 0 radical (unpaired) electrons. The third-order valence-electron chi connectivity index (χ3n) is 4.19. The fourth-order valence-corrected chi connectivity index (χ4v) is 2.25. The Morgan fingerprint density at radius 1 is 0.913 bits per heavy atom. The SMILES string of the molecule is CCC(CC)(C(=O)OCCC(C)CCOC)C(=O)OCC(C)C. The van der Waals surface area contributed by atoms with Gasteiger partial charge in [0.1, 0.15) is 0 Å². The molecule has 0 rings (SSSR count). The number of methoxy groups -OCH3 is 1. The minimum Gasteiger partial charge on any atom is -0.465 e. The zero-order chi connectivity index (χ0) is 17.9. The molecular weight excluding hydrogens is 296 g/mol. The van der Waals surface area contributed by atoms with Gasteiger partial charge < -0.3 is 14.2 Å². The second kappa shape index (κ2) is 11.4. The summed E-state index contributed by atoms with van der Waals surface area (Å²) in [7, 11) is 1.67. The second-order valence-corrected chi connectivity index (χ2v) is 6.59. The number of carbonyl (C=O) groups excluding carboxylic acids is 2. The van der Waals surface area contributed by atoms with E-state index in [0.29, 0.717) is 38.6 Å². The van der Waals surface area contributed by atoms with Crippen LogP contribution in [0.5, 0.6) is 0 Å². The minimum absolute atomic E-state index is 0.239. The van der Waals surface area contributed by atoms with E-state index in [0.717, 1.165) is 12.8 Å². The highest BCUT2D eigenvalue weighted by Gasteiger charge is 2.45. The van der Waals surface area contributed by atoms with Crippen molar-refractivity contribution in [2.45, 2.75) is 60.3 Å². The summed E-state index contributed by atoms with van der Waals surface area (Å²) in [5.41, 5.74) is -1.18. The molecule has 1 atom stereocenters. The third kappa shape index (κ3) is 7.34. The van der Waals surface area contributed by atoms with Crippen LogP contribution in [-0.2, 0) is 23.8 Å². The van der Waals surface area contributed by atoms with Gasteiger partial charge in [-0.15, -0.1) is 0 Å². The van der Waals surface area contributed by atoms with Crippen LogP contribution >= 0.6 is 0 Å². The highest BCUT2D eigenvalue weighted by atomic mass is 16.6. The van der Waals surface area contributed by atoms with Gasteiger partial charge in [0.15, 0.2) is 5.41 Å². The molecule has 0 heterocycles. The van der Waals surface area contributed by atoms with Crippen molar-refractivity contribution < 1.29 is 23.8 Å². The van der Waals surface area contributed by atoms with Crippen LogP contribution in [0, 0.1) is 17.3 Å². The fraction of sp³-hybridized carbons (Fsp3) is 0.889. The second-order valence-electron chi connectivity index (χ2n) is 6.59. The molecule has 0 aliphatic rings. The molecular formula is C18H34O5. The van der Waals surface area contributed by atoms with Gasteiger partial charge >= 0.3 is 11.9 Å². The average Bonchev–Trinajstić information content (AvgIpc) is 2.52. The summed E-state index contributed by atoms with van der Waals surface area (Å²) in [4.78, 5) is 24.8. The van der Waals surface area contributed by atoms with Crippen LogP contribution < -0.4 is 0 Å². The first-order chi connectivity index (χ1) is 10.8. The van der Waals surface area contributed by atoms with E-state index in [9.17, 15) is 9.59 Å². The van der Waals surface area contributed by atoms with Gasteiger partial charge in [0.2, 0.25) is 0 Å². The molecule has 0 aromatic heterocycles. The van der Waals surface area contributed by atoms with Crippen LogP contribution in [0.3, 0.4) is 0 Å². The van der Waals surface area contributed by atoms with E-state index in [-0.39, 0.29) is 5.92 Å². The molecule has 0 saturated carbocycles. The summed E-state index contributed by atoms with van der Waals surface area (Å²) < 4.78 is 15.7. The molecule has 136 valence electrons. The molecule has 0 aliphatic heterocycles. The largest absolute Gasteiger partial charge is 0.465 e. The van der Waals surface area contributed by atoms with E-state index in [4.69, 9.17) is 14.2 Å². The van der Waals surface area contributed by atoms with E-state index < -0.39 is 17.4 Å². The van der Waals surface area contributed by atoms with Gasteiger partial charge in [-0.2, -0.15) is 0 Å². The van der Waals surface area contributed by atoms with Crippen molar-refractivity contribution in [1.29, 1.82) is 0 Å². The maximum atomic E-state index is 12.5. The Bertz CT molecular complexity index is 347. The molecule has 0 aromatic carbocycles. The molecule has 23 heavy (non-hydrogen) atoms. The lowest BCUT2D eigenvalue weighted by molar-refractivity contribution is -0.174. The Kier molecular flexibility index (Phi) is 10.9. The minimum atomic E-state index is -1.18. The van der Waals surface area contributed by atoms with E-state index in [1.54, 1.807) is 7.11 Å². The third-order valence-corrected chi connectivity index (χ3v) is 4.19. The number of carbonyl (C=O) groups is 2. The lowest BCUT2D eigenvalue weighted by atomic mass is 9.82. The molecule has 0 N–H and O–H groups in total. The summed E-state index contributed by atoms with van der Waals surface area (Å²) in [5, 5.41) is 0. The molecule has 0 saturated heterocycles. The maximum Gasteiger partial charge on any atom is 0.323 e. The average molecular weight is 330 g/mol. The number of hydrogen-bond donors (Lipinski definition) is 0. The van der Waals surface area contributed by atoms with Crippen LogP contribution in [-0.4, -0.2) is 38.9 Å². The van der Waals surface area contributed by atoms with Gasteiger partial charge in [-0.05, 0) is 37.5 Å². The van der Waals surface area contributed by atoms with E-state index >= 15 is 0 Å². The first-order valence-electron chi connectivity index (χ1n) is 8.67. The Morgan fingerprint density at radius 3 is 1.91 bits per heavy atom. The zero-order valence-electron chi connectivity index (χ0n) is 15.6. The van der Waals surface area contributed by atoms with Crippen molar-refractivity contribution in [2.24, 2.45) is 17.3 Å². The summed E-state index contributed by atoms with van der Waals surface area (Å²) >= 11 is 0. The Labute approximate surface area is 141 Å². The quantitative estimate of drug-likeness (QED) is 0.404. The molecule has 0 bridgehead atoms. The molecule has 5 heteroatoms. The smallest absolute Gasteiger partial charge is 0.323 e. The van der Waals surface area contributed by atoms with E-state index in [2.05, 4.69) is 6.92 Å². The topological polar surface area (TPSA) is 61.8 Å². The van der Waals surface area contributed by atoms with Gasteiger partial charge in [-0.1, -0.05) is 34.6 Å². The summed E-state index contributed by atoms with van der Waals surface area (Å²) in [6, 6.07) is 0. The van der Waals surface area contributed by atoms with Gasteiger partial charge in [0, 0.05) is 13.7 Å². The van der Waals surface area contributed by atoms with Crippen LogP contribution in [0.15, 0.2) is 0 Å². The van der Waals surface area contributed by atoms with Crippen molar-refractivity contribution in [1.82, 2.24) is 0 Å². The van der Waals surface area contributed by atoms with Gasteiger partial charge in [-0.25, -0.2) is 0 Å². The Morgan fingerprint density at radius 2 is 1.43 bits per heavy atom. The standard InChI is InChI=1S/C18H34O5/c1-7-18(8-2,17(20)23-13-14(3)4)16(19)22-12-10-15(5)9-11-21-6/h14-15H,7-13H2,1-6H3. The van der Waals surface area contributed by atoms with Crippen LogP contribution in [0.25, 0.3) is 0 Å². The van der Waals surface area contributed by atoms with Crippen LogP contribution in [0.4, 0.5) is 0 Å². The fourth-order valence-electron chi connectivity index (χ4n) is 2.25. The normalized spacial score (nSPS) is 13.0. The van der Waals surface area contributed by atoms with Crippen molar-refractivity contribution in [2.75, 3.05) is 26.9 Å². The van der Waals surface area contributed by atoms with Gasteiger partial charge in [-0.3, -0.25) is 9.59 Å². The molecule has 0 fully saturated rings. The lowest BCUT2D eigenvalue weighted by Crippen LogP contribution is -2.41. The Hall–Kier alpha value is -1.10. The summed E-state index contributed by atoms with van der Waals surface area (Å²) in [6.07, 6.45) is 2.47. The predicted octanol–water partition coefficient (Wildman–Crippen LogP) is 3.60. The van der Waals surface area contributed by atoms with Gasteiger partial charge in [0.05, 0.1) is 13.2 Å². The van der Waals surface area contributed by atoms with E-state index in [1.165, 1.54) is 0 Å². The van der Waals surface area contributed by atoms with Crippen molar-refractivity contribution >= 4 is 11.9 Å². The maximum absolute atomic E-state index is 12.5. The molecule has 0 spiro atoms. The number of hydrogen-bond acceptors (Lipinski definition) is 5. The van der Waals surface area contributed by atoms with Crippen molar-refractivity contribution in [3.8, 4) is 0 Å². The monoisotopic (exact) mass is 330 g/mol.